The average molecular weight is 363 g/mol. The van der Waals surface area contributed by atoms with Gasteiger partial charge in [-0.05, 0) is 22.8 Å². The monoisotopic (exact) mass is 363 g/mol. The Morgan fingerprint density at radius 1 is 1.07 bits per heavy atom. The predicted octanol–water partition coefficient (Wildman–Crippen LogP) is 4.55. The fourth-order valence-corrected chi connectivity index (χ4v) is 3.09. The zero-order valence-corrected chi connectivity index (χ0v) is 16.2. The minimum atomic E-state index is -0.917. The lowest BCUT2D eigenvalue weighted by Gasteiger charge is -2.18. The Morgan fingerprint density at radius 2 is 1.74 bits per heavy atom. The molecule has 0 bridgehead atoms. The van der Waals surface area contributed by atoms with Crippen molar-refractivity contribution >= 4 is 5.97 Å². The van der Waals surface area contributed by atoms with Gasteiger partial charge in [0.15, 0.2) is 5.82 Å². The number of hydrogen-bond donors (Lipinski definition) is 1. The summed E-state index contributed by atoms with van der Waals surface area (Å²) < 4.78 is 1.97. The van der Waals surface area contributed by atoms with Gasteiger partial charge in [0.1, 0.15) is 5.82 Å². The highest BCUT2D eigenvalue weighted by Crippen LogP contribution is 2.25. The maximum atomic E-state index is 11.4. The molecule has 1 N–H and O–H groups in total. The Balaban J connectivity index is 1.90. The van der Waals surface area contributed by atoms with Gasteiger partial charge in [0.2, 0.25) is 0 Å². The first-order valence-corrected chi connectivity index (χ1v) is 9.15. The first kappa shape index (κ1) is 18.8. The number of hydrogen-bond acceptors (Lipinski definition) is 3. The van der Waals surface area contributed by atoms with Crippen LogP contribution in [0.4, 0.5) is 0 Å². The fourth-order valence-electron chi connectivity index (χ4n) is 3.09. The van der Waals surface area contributed by atoms with E-state index in [0.29, 0.717) is 12.1 Å². The zero-order chi connectivity index (χ0) is 19.6. The average Bonchev–Trinajstić information content (AvgIpc) is 3.06. The van der Waals surface area contributed by atoms with Crippen LogP contribution in [0.2, 0.25) is 0 Å². The fraction of sp³-hybridized carbons (Fsp3) is 0.318. The summed E-state index contributed by atoms with van der Waals surface area (Å²) in [6.45, 7) is 9.11. The van der Waals surface area contributed by atoms with Gasteiger partial charge in [-0.1, -0.05) is 70.2 Å². The van der Waals surface area contributed by atoms with Gasteiger partial charge in [0.05, 0.1) is 12.1 Å². The largest absolute Gasteiger partial charge is 0.478 e. The molecule has 0 fully saturated rings. The van der Waals surface area contributed by atoms with Gasteiger partial charge in [-0.2, -0.15) is 5.10 Å². The number of aromatic carboxylic acids is 1. The zero-order valence-electron chi connectivity index (χ0n) is 16.2. The lowest BCUT2D eigenvalue weighted by Crippen LogP contribution is -2.20. The minimum absolute atomic E-state index is 0.0826. The third kappa shape index (κ3) is 4.08. The second-order valence-corrected chi connectivity index (χ2v) is 7.66. The summed E-state index contributed by atoms with van der Waals surface area (Å²) in [5.41, 5.74) is 2.94. The van der Waals surface area contributed by atoms with Crippen molar-refractivity contribution in [3.8, 4) is 11.1 Å². The van der Waals surface area contributed by atoms with Crippen LogP contribution in [0.3, 0.4) is 0 Å². The Morgan fingerprint density at radius 3 is 2.33 bits per heavy atom. The summed E-state index contributed by atoms with van der Waals surface area (Å²) in [4.78, 5) is 16.1. The smallest absolute Gasteiger partial charge is 0.336 e. The second-order valence-electron chi connectivity index (χ2n) is 7.66. The standard InChI is InChI=1S/C22H25N3O2/c1-5-19-23-21(22(2,3)4)25(24-19)14-15-10-12-16(13-11-15)17-8-6-7-9-18(17)20(26)27/h6-13H,5,14H2,1-4H3,(H,26,27). The van der Waals surface area contributed by atoms with Crippen LogP contribution in [0, 0.1) is 0 Å². The van der Waals surface area contributed by atoms with E-state index in [2.05, 4.69) is 37.8 Å². The molecule has 1 heterocycles. The van der Waals surface area contributed by atoms with Gasteiger partial charge in [0.25, 0.3) is 0 Å². The molecule has 5 nitrogen and oxygen atoms in total. The van der Waals surface area contributed by atoms with Crippen LogP contribution >= 0.6 is 0 Å². The van der Waals surface area contributed by atoms with E-state index in [1.807, 2.05) is 41.1 Å². The topological polar surface area (TPSA) is 68.0 Å². The molecule has 3 aromatic rings. The van der Waals surface area contributed by atoms with Crippen molar-refractivity contribution < 1.29 is 9.90 Å². The van der Waals surface area contributed by atoms with Gasteiger partial charge in [-0.3, -0.25) is 0 Å². The molecule has 0 saturated heterocycles. The highest BCUT2D eigenvalue weighted by atomic mass is 16.4. The van der Waals surface area contributed by atoms with Crippen LogP contribution < -0.4 is 0 Å². The van der Waals surface area contributed by atoms with Crippen LogP contribution in [-0.4, -0.2) is 25.8 Å². The molecule has 0 saturated carbocycles. The summed E-state index contributed by atoms with van der Waals surface area (Å²) in [6, 6.07) is 15.0. The van der Waals surface area contributed by atoms with Gasteiger partial charge < -0.3 is 5.11 Å². The molecular formula is C22H25N3O2. The molecule has 0 spiro atoms. The molecular weight excluding hydrogens is 338 g/mol. The number of nitrogens with zero attached hydrogens (tertiary/aromatic N) is 3. The van der Waals surface area contributed by atoms with Crippen molar-refractivity contribution in [1.82, 2.24) is 14.8 Å². The van der Waals surface area contributed by atoms with Crippen molar-refractivity contribution in [2.45, 2.75) is 46.1 Å². The van der Waals surface area contributed by atoms with Crippen molar-refractivity contribution in [2.24, 2.45) is 0 Å². The minimum Gasteiger partial charge on any atom is -0.478 e. The van der Waals surface area contributed by atoms with E-state index in [0.717, 1.165) is 34.8 Å². The van der Waals surface area contributed by atoms with Crippen LogP contribution in [0.1, 0.15) is 55.3 Å². The number of benzene rings is 2. The summed E-state index contributed by atoms with van der Waals surface area (Å²) >= 11 is 0. The van der Waals surface area contributed by atoms with Crippen molar-refractivity contribution in [2.75, 3.05) is 0 Å². The van der Waals surface area contributed by atoms with E-state index < -0.39 is 5.97 Å². The van der Waals surface area contributed by atoms with Gasteiger partial charge in [-0.15, -0.1) is 0 Å². The number of carboxylic acids is 1. The molecule has 0 aliphatic rings. The third-order valence-electron chi connectivity index (χ3n) is 4.46. The summed E-state index contributed by atoms with van der Waals surface area (Å²) in [6.07, 6.45) is 0.807. The molecule has 140 valence electrons. The normalized spacial score (nSPS) is 11.6. The SMILES string of the molecule is CCc1nc(C(C)(C)C)n(Cc2ccc(-c3ccccc3C(=O)O)cc2)n1. The van der Waals surface area contributed by atoms with Crippen molar-refractivity contribution in [1.29, 1.82) is 0 Å². The van der Waals surface area contributed by atoms with E-state index in [1.54, 1.807) is 12.1 Å². The van der Waals surface area contributed by atoms with Crippen LogP contribution in [0.25, 0.3) is 11.1 Å². The summed E-state index contributed by atoms with van der Waals surface area (Å²) in [7, 11) is 0. The lowest BCUT2D eigenvalue weighted by molar-refractivity contribution is 0.0697. The number of aromatic nitrogens is 3. The van der Waals surface area contributed by atoms with Gasteiger partial charge in [-0.25, -0.2) is 14.5 Å². The molecule has 27 heavy (non-hydrogen) atoms. The number of rotatable bonds is 5. The molecule has 0 aliphatic carbocycles. The highest BCUT2D eigenvalue weighted by molar-refractivity contribution is 5.95. The van der Waals surface area contributed by atoms with E-state index >= 15 is 0 Å². The summed E-state index contributed by atoms with van der Waals surface area (Å²) in [5.74, 6) is 0.908. The maximum absolute atomic E-state index is 11.4. The predicted molar refractivity (Wildman–Crippen MR) is 106 cm³/mol. The Hall–Kier alpha value is -2.95. The number of carboxylic acid groups (broad SMARTS) is 1. The quantitative estimate of drug-likeness (QED) is 0.722. The van der Waals surface area contributed by atoms with Gasteiger partial charge in [0, 0.05) is 11.8 Å². The molecule has 0 aliphatic heterocycles. The number of carbonyl (C=O) groups is 1. The van der Waals surface area contributed by atoms with Crippen LogP contribution in [0.15, 0.2) is 48.5 Å². The molecule has 0 unspecified atom stereocenters. The first-order valence-electron chi connectivity index (χ1n) is 9.15. The molecule has 0 amide bonds. The van der Waals surface area contributed by atoms with Gasteiger partial charge >= 0.3 is 5.97 Å². The van der Waals surface area contributed by atoms with Crippen molar-refractivity contribution in [3.05, 3.63) is 71.3 Å². The molecule has 0 atom stereocenters. The first-order chi connectivity index (χ1) is 12.8. The molecule has 0 radical (unpaired) electrons. The number of aryl methyl sites for hydroxylation is 1. The van der Waals surface area contributed by atoms with E-state index in [-0.39, 0.29) is 5.41 Å². The molecule has 2 aromatic carbocycles. The Bertz CT molecular complexity index is 950. The van der Waals surface area contributed by atoms with Crippen LogP contribution in [-0.2, 0) is 18.4 Å². The van der Waals surface area contributed by atoms with E-state index in [4.69, 9.17) is 0 Å². The van der Waals surface area contributed by atoms with E-state index in [9.17, 15) is 9.90 Å². The maximum Gasteiger partial charge on any atom is 0.336 e. The van der Waals surface area contributed by atoms with E-state index in [1.165, 1.54) is 0 Å². The Kier molecular flexibility index (Phi) is 5.13. The third-order valence-corrected chi connectivity index (χ3v) is 4.46. The van der Waals surface area contributed by atoms with Crippen LogP contribution in [0.5, 0.6) is 0 Å². The lowest BCUT2D eigenvalue weighted by atomic mass is 9.95. The van der Waals surface area contributed by atoms with Crippen molar-refractivity contribution in [3.63, 3.8) is 0 Å². The second kappa shape index (κ2) is 7.35. The molecule has 3 rings (SSSR count). The molecule has 1 aromatic heterocycles. The summed E-state index contributed by atoms with van der Waals surface area (Å²) in [5, 5.41) is 14.0. The Labute approximate surface area is 159 Å². The molecule has 5 heteroatoms. The highest BCUT2D eigenvalue weighted by Gasteiger charge is 2.22.